The molecule has 0 spiro atoms. The molecular formula is C10H7N3OS. The van der Waals surface area contributed by atoms with Gasteiger partial charge in [0.05, 0.1) is 11.4 Å². The van der Waals surface area contributed by atoms with Crippen LogP contribution in [0.2, 0.25) is 0 Å². The van der Waals surface area contributed by atoms with Crippen LogP contribution >= 0.6 is 11.8 Å². The number of amidine groups is 1. The molecule has 0 aromatic heterocycles. The number of rotatable bonds is 1. The highest BCUT2D eigenvalue weighted by atomic mass is 32.2. The van der Waals surface area contributed by atoms with Gasteiger partial charge in [0.15, 0.2) is 5.17 Å². The highest BCUT2D eigenvalue weighted by molar-refractivity contribution is 8.15. The van der Waals surface area contributed by atoms with Crippen molar-refractivity contribution in [2.24, 2.45) is 4.99 Å². The molecule has 15 heavy (non-hydrogen) atoms. The second-order valence-corrected chi connectivity index (χ2v) is 3.79. The fourth-order valence-corrected chi connectivity index (χ4v) is 2.14. The maximum atomic E-state index is 11.6. The molecule has 0 unspecified atom stereocenters. The monoisotopic (exact) mass is 217 g/mol. The van der Waals surface area contributed by atoms with Gasteiger partial charge in [-0.05, 0) is 12.1 Å². The number of carbonyl (C=O) groups is 1. The Morgan fingerprint density at radius 2 is 2.13 bits per heavy atom. The molecule has 0 aliphatic carbocycles. The van der Waals surface area contributed by atoms with Gasteiger partial charge >= 0.3 is 0 Å². The molecule has 0 bridgehead atoms. The van der Waals surface area contributed by atoms with Crippen LogP contribution in [0.4, 0.5) is 5.69 Å². The average molecular weight is 217 g/mol. The molecule has 0 N–H and O–H groups in total. The van der Waals surface area contributed by atoms with Crippen LogP contribution in [0.3, 0.4) is 0 Å². The Morgan fingerprint density at radius 3 is 2.80 bits per heavy atom. The maximum absolute atomic E-state index is 11.6. The molecule has 0 radical (unpaired) electrons. The molecule has 1 heterocycles. The molecule has 2 rings (SSSR count). The Morgan fingerprint density at radius 1 is 1.40 bits per heavy atom. The number of thioether (sulfide) groups is 1. The molecule has 5 heteroatoms. The van der Waals surface area contributed by atoms with Crippen LogP contribution in [0.5, 0.6) is 0 Å². The van der Waals surface area contributed by atoms with Crippen molar-refractivity contribution >= 4 is 28.5 Å². The molecule has 0 saturated carbocycles. The van der Waals surface area contributed by atoms with Crippen molar-refractivity contribution in [3.63, 3.8) is 0 Å². The zero-order chi connectivity index (χ0) is 10.7. The fourth-order valence-electron chi connectivity index (χ4n) is 1.32. The smallest absolute Gasteiger partial charge is 0.243 e. The van der Waals surface area contributed by atoms with E-state index >= 15 is 0 Å². The van der Waals surface area contributed by atoms with Crippen LogP contribution in [-0.4, -0.2) is 16.8 Å². The van der Waals surface area contributed by atoms with Gasteiger partial charge in [-0.1, -0.05) is 30.0 Å². The second kappa shape index (κ2) is 4.15. The first-order valence-corrected chi connectivity index (χ1v) is 5.29. The number of nitrogens with zero attached hydrogens (tertiary/aromatic N) is 3. The van der Waals surface area contributed by atoms with Gasteiger partial charge in [-0.15, -0.1) is 4.99 Å². The van der Waals surface area contributed by atoms with Crippen molar-refractivity contribution in [2.75, 3.05) is 10.7 Å². The van der Waals surface area contributed by atoms with Crippen molar-refractivity contribution in [2.45, 2.75) is 0 Å². The van der Waals surface area contributed by atoms with Gasteiger partial charge in [-0.25, -0.2) is 0 Å². The summed E-state index contributed by atoms with van der Waals surface area (Å²) in [6, 6.07) is 9.19. The van der Waals surface area contributed by atoms with Gasteiger partial charge in [0.1, 0.15) is 0 Å². The summed E-state index contributed by atoms with van der Waals surface area (Å²) in [7, 11) is 0. The van der Waals surface area contributed by atoms with Crippen LogP contribution in [0.15, 0.2) is 35.3 Å². The molecule has 1 aliphatic heterocycles. The Balaban J connectivity index is 2.39. The van der Waals surface area contributed by atoms with Gasteiger partial charge < -0.3 is 0 Å². The first kappa shape index (κ1) is 9.74. The zero-order valence-corrected chi connectivity index (χ0v) is 8.57. The average Bonchev–Trinajstić information content (AvgIpc) is 2.62. The molecular weight excluding hydrogens is 210 g/mol. The summed E-state index contributed by atoms with van der Waals surface area (Å²) in [5, 5.41) is 8.94. The Labute approximate surface area is 91.2 Å². The van der Waals surface area contributed by atoms with Crippen LogP contribution in [0, 0.1) is 11.5 Å². The molecule has 1 aromatic carbocycles. The molecule has 74 valence electrons. The van der Waals surface area contributed by atoms with E-state index in [-0.39, 0.29) is 5.91 Å². The van der Waals surface area contributed by atoms with Crippen LogP contribution < -0.4 is 4.90 Å². The van der Waals surface area contributed by atoms with Gasteiger partial charge in [0.25, 0.3) is 0 Å². The van der Waals surface area contributed by atoms with E-state index in [4.69, 9.17) is 5.26 Å². The predicted octanol–water partition coefficient (Wildman–Crippen LogP) is 1.60. The molecule has 1 saturated heterocycles. The summed E-state index contributed by atoms with van der Waals surface area (Å²) in [4.78, 5) is 16.7. The van der Waals surface area contributed by atoms with E-state index in [1.54, 1.807) is 6.19 Å². The summed E-state index contributed by atoms with van der Waals surface area (Å²) in [5.41, 5.74) is 0.751. The molecule has 1 amide bonds. The molecule has 1 aliphatic rings. The number of amides is 1. The van der Waals surface area contributed by atoms with Crippen molar-refractivity contribution < 1.29 is 4.79 Å². The summed E-state index contributed by atoms with van der Waals surface area (Å²) in [5.74, 6) is 0.301. The minimum atomic E-state index is -0.0415. The summed E-state index contributed by atoms with van der Waals surface area (Å²) >= 11 is 1.28. The lowest BCUT2D eigenvalue weighted by molar-refractivity contribution is -0.115. The standard InChI is InChI=1S/C10H7N3OS/c11-7-12-10-13(9(14)6-15-10)8-4-2-1-3-5-8/h1-5H,6H2. The van der Waals surface area contributed by atoms with Crippen molar-refractivity contribution in [3.8, 4) is 6.19 Å². The number of aliphatic imine (C=N–C) groups is 1. The number of carbonyl (C=O) groups excluding carboxylic acids is 1. The lowest BCUT2D eigenvalue weighted by Crippen LogP contribution is -2.28. The largest absolute Gasteiger partial charge is 0.273 e. The number of hydrogen-bond donors (Lipinski definition) is 0. The van der Waals surface area contributed by atoms with Gasteiger partial charge in [0.2, 0.25) is 12.1 Å². The highest BCUT2D eigenvalue weighted by Crippen LogP contribution is 2.25. The summed E-state index contributed by atoms with van der Waals surface area (Å²) < 4.78 is 0. The summed E-state index contributed by atoms with van der Waals surface area (Å²) in [6.45, 7) is 0. The van der Waals surface area contributed by atoms with Crippen molar-refractivity contribution in [3.05, 3.63) is 30.3 Å². The summed E-state index contributed by atoms with van der Waals surface area (Å²) in [6.07, 6.45) is 1.70. The van der Waals surface area contributed by atoms with Crippen LogP contribution in [0.1, 0.15) is 0 Å². The number of hydrogen-bond acceptors (Lipinski definition) is 4. The molecule has 4 nitrogen and oxygen atoms in total. The minimum absolute atomic E-state index is 0.0415. The van der Waals surface area contributed by atoms with E-state index in [2.05, 4.69) is 4.99 Å². The lowest BCUT2D eigenvalue weighted by Gasteiger charge is -2.14. The quantitative estimate of drug-likeness (QED) is 0.671. The van der Waals surface area contributed by atoms with E-state index < -0.39 is 0 Å². The maximum Gasteiger partial charge on any atom is 0.243 e. The van der Waals surface area contributed by atoms with E-state index in [0.29, 0.717) is 10.9 Å². The van der Waals surface area contributed by atoms with Crippen molar-refractivity contribution in [1.82, 2.24) is 0 Å². The Kier molecular flexibility index (Phi) is 2.70. The number of anilines is 1. The Hall–Kier alpha value is -1.80. The third kappa shape index (κ3) is 1.85. The van der Waals surface area contributed by atoms with E-state index in [1.807, 2.05) is 30.3 Å². The van der Waals surface area contributed by atoms with Gasteiger partial charge in [0, 0.05) is 0 Å². The SMILES string of the molecule is N#CN=C1SCC(=O)N1c1ccccc1. The third-order valence-corrected chi connectivity index (χ3v) is 2.85. The van der Waals surface area contributed by atoms with Crippen LogP contribution in [-0.2, 0) is 4.79 Å². The molecule has 1 fully saturated rings. The normalized spacial score (nSPS) is 18.2. The minimum Gasteiger partial charge on any atom is -0.273 e. The van der Waals surface area contributed by atoms with E-state index in [9.17, 15) is 4.79 Å². The molecule has 0 atom stereocenters. The first-order valence-electron chi connectivity index (χ1n) is 4.30. The predicted molar refractivity (Wildman–Crippen MR) is 59.4 cm³/mol. The zero-order valence-electron chi connectivity index (χ0n) is 7.75. The van der Waals surface area contributed by atoms with Gasteiger partial charge in [-0.3, -0.25) is 9.69 Å². The molecule has 1 aromatic rings. The van der Waals surface area contributed by atoms with Crippen molar-refractivity contribution in [1.29, 1.82) is 5.26 Å². The number of para-hydroxylation sites is 1. The van der Waals surface area contributed by atoms with Gasteiger partial charge in [-0.2, -0.15) is 5.26 Å². The number of benzene rings is 1. The lowest BCUT2D eigenvalue weighted by atomic mass is 10.3. The van der Waals surface area contributed by atoms with E-state index in [1.165, 1.54) is 16.7 Å². The highest BCUT2D eigenvalue weighted by Gasteiger charge is 2.29. The van der Waals surface area contributed by atoms with Crippen LogP contribution in [0.25, 0.3) is 0 Å². The topological polar surface area (TPSA) is 56.5 Å². The fraction of sp³-hybridized carbons (Fsp3) is 0.100. The third-order valence-electron chi connectivity index (χ3n) is 1.93. The second-order valence-electron chi connectivity index (χ2n) is 2.85. The first-order chi connectivity index (χ1) is 7.33. The van der Waals surface area contributed by atoms with E-state index in [0.717, 1.165) is 5.69 Å². The number of nitriles is 1. The Bertz CT molecular complexity index is 449.